The minimum absolute atomic E-state index is 0.0338. The largest absolute Gasteiger partial charge is 0.355 e. The average molecular weight is 374 g/mol. The van der Waals surface area contributed by atoms with Crippen LogP contribution in [0.25, 0.3) is 0 Å². The lowest BCUT2D eigenvalue weighted by atomic mass is 9.84. The summed E-state index contributed by atoms with van der Waals surface area (Å²) in [7, 11) is 2.24. The van der Waals surface area contributed by atoms with Gasteiger partial charge < -0.3 is 14.8 Å². The molecule has 3 heterocycles. The summed E-state index contributed by atoms with van der Waals surface area (Å²) >= 11 is 2.10. The monoisotopic (exact) mass is 374 g/mol. The Morgan fingerprint density at radius 3 is 3.11 bits per heavy atom. The van der Waals surface area contributed by atoms with Gasteiger partial charge in [0.1, 0.15) is 9.39 Å². The zero-order chi connectivity index (χ0) is 13.4. The van der Waals surface area contributed by atoms with E-state index in [-0.39, 0.29) is 5.56 Å². The van der Waals surface area contributed by atoms with Gasteiger partial charge in [-0.25, -0.2) is 4.98 Å². The predicted molar refractivity (Wildman–Crippen MR) is 83.5 cm³/mol. The fraction of sp³-hybridized carbons (Fsp3) is 0.692. The van der Waals surface area contributed by atoms with Crippen LogP contribution in [0, 0.1) is 9.49 Å². The van der Waals surface area contributed by atoms with Crippen molar-refractivity contribution < 1.29 is 0 Å². The lowest BCUT2D eigenvalue weighted by Gasteiger charge is -2.46. The van der Waals surface area contributed by atoms with E-state index in [1.165, 1.54) is 32.1 Å². The Labute approximate surface area is 126 Å². The quantitative estimate of drug-likeness (QED) is 0.753. The molecule has 1 aromatic heterocycles. The number of halogens is 1. The van der Waals surface area contributed by atoms with Gasteiger partial charge in [-0.15, -0.1) is 0 Å². The number of piperidine rings is 2. The van der Waals surface area contributed by atoms with Gasteiger partial charge in [0.05, 0.1) is 6.33 Å². The third-order valence-electron chi connectivity index (χ3n) is 4.42. The highest BCUT2D eigenvalue weighted by atomic mass is 127. The Morgan fingerprint density at radius 1 is 1.42 bits per heavy atom. The number of nitrogens with one attached hydrogen (secondary N) is 1. The van der Waals surface area contributed by atoms with E-state index in [9.17, 15) is 4.79 Å². The molecule has 0 radical (unpaired) electrons. The number of aromatic nitrogens is 2. The van der Waals surface area contributed by atoms with Gasteiger partial charge in [-0.1, -0.05) is 0 Å². The number of nitrogens with zero attached hydrogens (tertiary/aromatic N) is 3. The van der Waals surface area contributed by atoms with Crippen LogP contribution in [-0.2, 0) is 0 Å². The molecule has 1 aromatic rings. The van der Waals surface area contributed by atoms with Crippen LogP contribution in [0.3, 0.4) is 0 Å². The highest BCUT2D eigenvalue weighted by molar-refractivity contribution is 14.1. The Kier molecular flexibility index (Phi) is 3.79. The number of anilines is 1. The molecule has 0 saturated carbocycles. The van der Waals surface area contributed by atoms with Gasteiger partial charge in [-0.2, -0.15) is 0 Å². The molecule has 0 bridgehead atoms. The van der Waals surface area contributed by atoms with Crippen LogP contribution in [-0.4, -0.2) is 47.6 Å². The van der Waals surface area contributed by atoms with E-state index in [1.807, 2.05) is 0 Å². The minimum Gasteiger partial charge on any atom is -0.355 e. The first-order valence-electron chi connectivity index (χ1n) is 6.85. The second-order valence-electron chi connectivity index (χ2n) is 5.55. The molecule has 2 atom stereocenters. The average Bonchev–Trinajstić information content (AvgIpc) is 2.42. The van der Waals surface area contributed by atoms with Gasteiger partial charge in [-0.05, 0) is 61.4 Å². The van der Waals surface area contributed by atoms with E-state index in [0.717, 1.165) is 18.9 Å². The topological polar surface area (TPSA) is 52.2 Å². The Morgan fingerprint density at radius 2 is 2.26 bits per heavy atom. The third-order valence-corrected chi connectivity index (χ3v) is 5.40. The Bertz CT molecular complexity index is 518. The van der Waals surface area contributed by atoms with Crippen LogP contribution in [0.2, 0.25) is 0 Å². The number of likely N-dealkylation sites (tertiary alicyclic amines) is 1. The maximum absolute atomic E-state index is 11.7. The molecule has 2 fully saturated rings. The molecule has 2 aliphatic rings. The standard InChI is InChI=1S/C13H19IN4O/c1-17-5-2-3-9-7-18(6-4-10(9)17)12-11(14)13(19)16-8-15-12/h8-10H,2-7H2,1H3,(H,15,16,19). The fourth-order valence-electron chi connectivity index (χ4n) is 3.44. The summed E-state index contributed by atoms with van der Waals surface area (Å²) in [5.74, 6) is 1.57. The Hall–Kier alpha value is -0.630. The molecule has 104 valence electrons. The minimum atomic E-state index is -0.0338. The van der Waals surface area contributed by atoms with Crippen molar-refractivity contribution in [1.29, 1.82) is 0 Å². The number of fused-ring (bicyclic) bond motifs is 1. The third kappa shape index (κ3) is 2.52. The molecule has 5 nitrogen and oxygen atoms in total. The number of aromatic amines is 1. The first-order valence-corrected chi connectivity index (χ1v) is 7.93. The van der Waals surface area contributed by atoms with Gasteiger partial charge in [0, 0.05) is 19.1 Å². The summed E-state index contributed by atoms with van der Waals surface area (Å²) in [6.45, 7) is 3.25. The van der Waals surface area contributed by atoms with Crippen molar-refractivity contribution in [3.8, 4) is 0 Å². The van der Waals surface area contributed by atoms with Crippen molar-refractivity contribution in [2.75, 3.05) is 31.6 Å². The van der Waals surface area contributed by atoms with Crippen LogP contribution in [0.5, 0.6) is 0 Å². The first kappa shape index (κ1) is 13.4. The summed E-state index contributed by atoms with van der Waals surface area (Å²) in [6.07, 6.45) is 5.27. The van der Waals surface area contributed by atoms with E-state index in [2.05, 4.69) is 49.4 Å². The SMILES string of the molecule is CN1CCCC2CN(c3nc[nH]c(=O)c3I)CCC21. The van der Waals surface area contributed by atoms with Crippen molar-refractivity contribution in [1.82, 2.24) is 14.9 Å². The van der Waals surface area contributed by atoms with Crippen molar-refractivity contribution in [3.63, 3.8) is 0 Å². The number of H-pyrrole nitrogens is 1. The number of rotatable bonds is 1. The van der Waals surface area contributed by atoms with Gasteiger partial charge >= 0.3 is 0 Å². The van der Waals surface area contributed by atoms with Gasteiger partial charge in [0.25, 0.3) is 5.56 Å². The van der Waals surface area contributed by atoms with Gasteiger partial charge in [-0.3, -0.25) is 4.79 Å². The molecule has 2 saturated heterocycles. The predicted octanol–water partition coefficient (Wildman–Crippen LogP) is 1.30. The zero-order valence-electron chi connectivity index (χ0n) is 11.1. The maximum atomic E-state index is 11.7. The molecule has 19 heavy (non-hydrogen) atoms. The van der Waals surface area contributed by atoms with Gasteiger partial charge in [0.2, 0.25) is 0 Å². The van der Waals surface area contributed by atoms with E-state index < -0.39 is 0 Å². The number of hydrogen-bond acceptors (Lipinski definition) is 4. The molecule has 0 aliphatic carbocycles. The van der Waals surface area contributed by atoms with Crippen LogP contribution >= 0.6 is 22.6 Å². The first-order chi connectivity index (χ1) is 9.16. The maximum Gasteiger partial charge on any atom is 0.266 e. The molecule has 6 heteroatoms. The summed E-state index contributed by atoms with van der Waals surface area (Å²) in [6, 6.07) is 0.713. The molecule has 3 rings (SSSR count). The number of hydrogen-bond donors (Lipinski definition) is 1. The fourth-order valence-corrected chi connectivity index (χ4v) is 4.08. The molecule has 2 unspecified atom stereocenters. The molecule has 0 aromatic carbocycles. The van der Waals surface area contributed by atoms with Crippen molar-refractivity contribution in [2.45, 2.75) is 25.3 Å². The molecule has 0 spiro atoms. The van der Waals surface area contributed by atoms with Gasteiger partial charge in [0.15, 0.2) is 0 Å². The molecular formula is C13H19IN4O. The zero-order valence-corrected chi connectivity index (χ0v) is 13.3. The molecule has 0 amide bonds. The molecular weight excluding hydrogens is 355 g/mol. The summed E-state index contributed by atoms with van der Waals surface area (Å²) < 4.78 is 0.711. The van der Waals surface area contributed by atoms with Crippen LogP contribution in [0.1, 0.15) is 19.3 Å². The van der Waals surface area contributed by atoms with Crippen LogP contribution in [0.15, 0.2) is 11.1 Å². The summed E-state index contributed by atoms with van der Waals surface area (Å²) in [5, 5.41) is 0. The van der Waals surface area contributed by atoms with E-state index in [1.54, 1.807) is 0 Å². The van der Waals surface area contributed by atoms with Crippen molar-refractivity contribution in [2.24, 2.45) is 5.92 Å². The normalized spacial score (nSPS) is 28.2. The smallest absolute Gasteiger partial charge is 0.266 e. The van der Waals surface area contributed by atoms with Crippen LogP contribution in [0.4, 0.5) is 5.82 Å². The van der Waals surface area contributed by atoms with E-state index >= 15 is 0 Å². The van der Waals surface area contributed by atoms with Crippen LogP contribution < -0.4 is 10.5 Å². The second-order valence-corrected chi connectivity index (χ2v) is 6.63. The summed E-state index contributed by atoms with van der Waals surface area (Å²) in [5.41, 5.74) is -0.0338. The Balaban J connectivity index is 1.81. The molecule has 2 aliphatic heterocycles. The lowest BCUT2D eigenvalue weighted by Crippen LogP contribution is -2.53. The lowest BCUT2D eigenvalue weighted by molar-refractivity contribution is 0.102. The van der Waals surface area contributed by atoms with Crippen molar-refractivity contribution in [3.05, 3.63) is 20.3 Å². The highest BCUT2D eigenvalue weighted by Gasteiger charge is 2.35. The second kappa shape index (κ2) is 5.40. The highest BCUT2D eigenvalue weighted by Crippen LogP contribution is 2.31. The van der Waals surface area contributed by atoms with E-state index in [4.69, 9.17) is 0 Å². The molecule has 1 N–H and O–H groups in total. The van der Waals surface area contributed by atoms with Crippen molar-refractivity contribution >= 4 is 28.4 Å². The summed E-state index contributed by atoms with van der Waals surface area (Å²) in [4.78, 5) is 23.5. The van der Waals surface area contributed by atoms with E-state index in [0.29, 0.717) is 15.5 Å².